The van der Waals surface area contributed by atoms with E-state index in [1.54, 1.807) is 0 Å². The second kappa shape index (κ2) is 16.4. The van der Waals surface area contributed by atoms with Gasteiger partial charge >= 0.3 is 0 Å². The molecule has 0 bridgehead atoms. The Balaban J connectivity index is 1.11. The molecule has 0 radical (unpaired) electrons. The van der Waals surface area contributed by atoms with E-state index in [0.717, 1.165) is 56.1 Å². The lowest BCUT2D eigenvalue weighted by molar-refractivity contribution is 0.660. The normalized spacial score (nSPS) is 12.7. The zero-order valence-electron chi connectivity index (χ0n) is 37.6. The topological polar surface area (TPSA) is 19.6 Å². The molecule has 0 spiro atoms. The van der Waals surface area contributed by atoms with Crippen molar-refractivity contribution in [2.24, 2.45) is 0 Å². The van der Waals surface area contributed by atoms with Crippen LogP contribution in [0.15, 0.2) is 259 Å². The summed E-state index contributed by atoms with van der Waals surface area (Å²) in [4.78, 5) is 4.88. The summed E-state index contributed by atoms with van der Waals surface area (Å²) in [5, 5.41) is 7.41. The van der Waals surface area contributed by atoms with Crippen LogP contribution >= 0.6 is 0 Å². The van der Waals surface area contributed by atoms with Gasteiger partial charge in [0.05, 0.1) is 0 Å². The summed E-state index contributed by atoms with van der Waals surface area (Å²) in [6, 6.07) is 93.6. The molecule has 67 heavy (non-hydrogen) atoms. The van der Waals surface area contributed by atoms with Crippen molar-refractivity contribution in [3.8, 4) is 11.1 Å². The van der Waals surface area contributed by atoms with E-state index in [2.05, 4.69) is 266 Å². The van der Waals surface area contributed by atoms with Gasteiger partial charge in [0.2, 0.25) is 0 Å². The third kappa shape index (κ3) is 6.63. The minimum Gasteiger partial charge on any atom is -0.456 e. The van der Waals surface area contributed by atoms with Crippen LogP contribution in [0.5, 0.6) is 0 Å². The molecule has 1 aliphatic rings. The van der Waals surface area contributed by atoms with Gasteiger partial charge in [0.1, 0.15) is 11.2 Å². The van der Waals surface area contributed by atoms with Crippen LogP contribution in [0.1, 0.15) is 25.0 Å². The van der Waals surface area contributed by atoms with Crippen LogP contribution in [0, 0.1) is 0 Å². The molecule has 1 aromatic heterocycles. The Hall–Kier alpha value is -8.18. The number of hydrogen-bond acceptors (Lipinski definition) is 3. The fraction of sp³-hybridized carbons (Fsp3) is 0.0476. The summed E-state index contributed by atoms with van der Waals surface area (Å²) >= 11 is 0. The van der Waals surface area contributed by atoms with E-state index in [-0.39, 0.29) is 5.41 Å². The SMILES string of the molecule is CC1(C)c2ccccc2-c2ccc(N(c3ccccc3)c3ccccc3[Si](c3ccccc3)(c3ccccc3)c3cccc(N(c4ccccc4)c4ccc5c(c4)oc4ccccc45)c3)cc21. The first-order chi connectivity index (χ1) is 33.0. The minimum absolute atomic E-state index is 0.156. The van der Waals surface area contributed by atoms with Crippen LogP contribution in [0.4, 0.5) is 34.1 Å². The summed E-state index contributed by atoms with van der Waals surface area (Å²) < 4.78 is 6.50. The molecule has 0 fully saturated rings. The molecule has 4 heteroatoms. The number of hydrogen-bond donors (Lipinski definition) is 0. The van der Waals surface area contributed by atoms with E-state index in [1.807, 2.05) is 12.1 Å². The second-order valence-electron chi connectivity index (χ2n) is 18.1. The average molecular weight is 877 g/mol. The van der Waals surface area contributed by atoms with Gasteiger partial charge in [-0.1, -0.05) is 190 Å². The molecular weight excluding hydrogens is 829 g/mol. The van der Waals surface area contributed by atoms with Crippen LogP contribution in [-0.4, -0.2) is 8.07 Å². The standard InChI is InChI=1S/C63H48N2OSi/c1-63(2)57-34-17-15-32-53(57)54-40-38-48(43-58(54)63)65(46-24-9-4-10-25-46)59-35-18-20-37-62(59)67(50-27-11-5-12-28-50,51-29-13-6-14-30-51)52-31-21-26-47(42-52)64(45-22-7-3-8-23-45)49-39-41-56-55-33-16-19-36-60(55)66-61(56)44-49/h3-44H,1-2H3. The highest BCUT2D eigenvalue weighted by molar-refractivity contribution is 7.20. The van der Waals surface area contributed by atoms with E-state index in [4.69, 9.17) is 4.42 Å². The number of benzene rings is 10. The summed E-state index contributed by atoms with van der Waals surface area (Å²) in [6.07, 6.45) is 0. The quantitative estimate of drug-likeness (QED) is 0.101. The molecular formula is C63H48N2OSi. The van der Waals surface area contributed by atoms with E-state index in [1.165, 1.54) is 43.0 Å². The highest BCUT2D eigenvalue weighted by atomic mass is 28.3. The molecule has 0 aliphatic heterocycles. The van der Waals surface area contributed by atoms with Gasteiger partial charge in [-0.3, -0.25) is 0 Å². The van der Waals surface area contributed by atoms with Crippen molar-refractivity contribution in [3.63, 3.8) is 0 Å². The summed E-state index contributed by atoms with van der Waals surface area (Å²) in [5.74, 6) is 0. The maximum absolute atomic E-state index is 6.50. The summed E-state index contributed by atoms with van der Waals surface area (Å²) in [6.45, 7) is 4.73. The number of fused-ring (bicyclic) bond motifs is 6. The zero-order chi connectivity index (χ0) is 45.0. The van der Waals surface area contributed by atoms with Crippen LogP contribution in [-0.2, 0) is 5.41 Å². The molecule has 320 valence electrons. The number of para-hydroxylation sites is 4. The molecule has 0 unspecified atom stereocenters. The maximum atomic E-state index is 6.50. The van der Waals surface area contributed by atoms with Crippen molar-refractivity contribution in [2.75, 3.05) is 9.80 Å². The van der Waals surface area contributed by atoms with Crippen LogP contribution < -0.4 is 30.5 Å². The minimum atomic E-state index is -3.21. The lowest BCUT2D eigenvalue weighted by atomic mass is 9.82. The predicted molar refractivity (Wildman–Crippen MR) is 284 cm³/mol. The molecule has 1 aliphatic carbocycles. The monoisotopic (exact) mass is 876 g/mol. The Kier molecular flexibility index (Phi) is 9.85. The van der Waals surface area contributed by atoms with Crippen molar-refractivity contribution in [3.05, 3.63) is 266 Å². The molecule has 1 heterocycles. The van der Waals surface area contributed by atoms with Gasteiger partial charge in [0.15, 0.2) is 8.07 Å². The maximum Gasteiger partial charge on any atom is 0.181 e. The zero-order valence-corrected chi connectivity index (χ0v) is 38.6. The number of furan rings is 1. The van der Waals surface area contributed by atoms with Gasteiger partial charge in [0.25, 0.3) is 0 Å². The van der Waals surface area contributed by atoms with Gasteiger partial charge < -0.3 is 14.2 Å². The molecule has 0 saturated carbocycles. The number of rotatable bonds is 10. The Morgan fingerprint density at radius 3 is 1.58 bits per heavy atom. The van der Waals surface area contributed by atoms with Crippen molar-refractivity contribution in [2.45, 2.75) is 19.3 Å². The first kappa shape index (κ1) is 40.3. The Bertz CT molecular complexity index is 3530. The van der Waals surface area contributed by atoms with E-state index in [0.29, 0.717) is 0 Å². The van der Waals surface area contributed by atoms with Crippen molar-refractivity contribution in [1.82, 2.24) is 0 Å². The first-order valence-electron chi connectivity index (χ1n) is 23.2. The summed E-state index contributed by atoms with van der Waals surface area (Å²) in [5.41, 5.74) is 13.5. The Labute approximate surface area is 393 Å². The smallest absolute Gasteiger partial charge is 0.181 e. The molecule has 3 nitrogen and oxygen atoms in total. The molecule has 11 aromatic rings. The Morgan fingerprint density at radius 1 is 0.343 bits per heavy atom. The van der Waals surface area contributed by atoms with E-state index < -0.39 is 8.07 Å². The molecule has 0 saturated heterocycles. The largest absolute Gasteiger partial charge is 0.456 e. The predicted octanol–water partition coefficient (Wildman–Crippen LogP) is 14.2. The molecule has 0 N–H and O–H groups in total. The van der Waals surface area contributed by atoms with Gasteiger partial charge in [-0.25, -0.2) is 0 Å². The summed E-state index contributed by atoms with van der Waals surface area (Å²) in [7, 11) is -3.21. The molecule has 0 atom stereocenters. The van der Waals surface area contributed by atoms with Crippen molar-refractivity contribution < 1.29 is 4.42 Å². The van der Waals surface area contributed by atoms with Crippen LogP contribution in [0.25, 0.3) is 33.1 Å². The molecule has 0 amide bonds. The fourth-order valence-electron chi connectivity index (χ4n) is 10.9. The van der Waals surface area contributed by atoms with E-state index >= 15 is 0 Å². The highest BCUT2D eigenvalue weighted by Crippen LogP contribution is 2.50. The molecule has 12 rings (SSSR count). The van der Waals surface area contributed by atoms with Gasteiger partial charge in [-0.15, -0.1) is 0 Å². The fourth-order valence-corrected chi connectivity index (χ4v) is 15.9. The van der Waals surface area contributed by atoms with Gasteiger partial charge in [-0.2, -0.15) is 0 Å². The Morgan fingerprint density at radius 2 is 0.851 bits per heavy atom. The average Bonchev–Trinajstić information content (AvgIpc) is 3.87. The van der Waals surface area contributed by atoms with E-state index in [9.17, 15) is 0 Å². The second-order valence-corrected chi connectivity index (χ2v) is 21.8. The van der Waals surface area contributed by atoms with Crippen molar-refractivity contribution in [1.29, 1.82) is 0 Å². The van der Waals surface area contributed by atoms with Crippen molar-refractivity contribution >= 4 is 84.9 Å². The third-order valence-electron chi connectivity index (χ3n) is 14.0. The first-order valence-corrected chi connectivity index (χ1v) is 25.2. The number of nitrogens with zero attached hydrogens (tertiary/aromatic N) is 2. The lowest BCUT2D eigenvalue weighted by Gasteiger charge is -2.39. The third-order valence-corrected chi connectivity index (χ3v) is 18.8. The highest BCUT2D eigenvalue weighted by Gasteiger charge is 2.44. The van der Waals surface area contributed by atoms with Crippen LogP contribution in [0.3, 0.4) is 0 Å². The number of anilines is 6. The van der Waals surface area contributed by atoms with Crippen LogP contribution in [0.2, 0.25) is 0 Å². The molecule has 10 aromatic carbocycles. The lowest BCUT2D eigenvalue weighted by Crippen LogP contribution is -2.75. The van der Waals surface area contributed by atoms with Gasteiger partial charge in [0, 0.05) is 56.4 Å². The van der Waals surface area contributed by atoms with Gasteiger partial charge in [-0.05, 0) is 116 Å².